The predicted octanol–water partition coefficient (Wildman–Crippen LogP) is 15.4. The number of nitrogens with zero attached hydrogens (tertiary/aromatic N) is 2. The number of rotatable bonds is 6. The van der Waals surface area contributed by atoms with Crippen molar-refractivity contribution in [2.75, 3.05) is 4.90 Å². The first-order valence-corrected chi connectivity index (χ1v) is 19.7. The topological polar surface area (TPSA) is 34.5 Å². The van der Waals surface area contributed by atoms with Crippen LogP contribution in [0.3, 0.4) is 0 Å². The van der Waals surface area contributed by atoms with Crippen molar-refractivity contribution in [3.63, 3.8) is 0 Å². The van der Waals surface area contributed by atoms with Gasteiger partial charge < -0.3 is 18.3 Å². The zero-order valence-corrected chi connectivity index (χ0v) is 31.3. The van der Waals surface area contributed by atoms with Crippen LogP contribution in [0.4, 0.5) is 17.1 Å². The fourth-order valence-electron chi connectivity index (χ4n) is 8.94. The summed E-state index contributed by atoms with van der Waals surface area (Å²) < 4.78 is 15.7. The van der Waals surface area contributed by atoms with Crippen LogP contribution in [0.5, 0.6) is 0 Å². The zero-order valence-electron chi connectivity index (χ0n) is 31.3. The lowest BCUT2D eigenvalue weighted by atomic mass is 10.00. The average molecular weight is 743 g/mol. The minimum Gasteiger partial charge on any atom is -0.455 e. The van der Waals surface area contributed by atoms with E-state index in [2.05, 4.69) is 198 Å². The monoisotopic (exact) mass is 742 g/mol. The van der Waals surface area contributed by atoms with Crippen LogP contribution in [0.25, 0.3) is 93.6 Å². The fraction of sp³-hybridized carbons (Fsp3) is 0. The van der Waals surface area contributed by atoms with E-state index in [1.54, 1.807) is 0 Å². The van der Waals surface area contributed by atoms with Crippen LogP contribution in [0.1, 0.15) is 0 Å². The Kier molecular flexibility index (Phi) is 7.20. The molecule has 0 amide bonds. The SMILES string of the molecule is c1ccc(-c2cccc(N(c3ccc(-c4cc(-n5c6ccccc6c6ccccc65)cc5c4oc4ccccc45)cc3)c3cccc4c3oc3ccccc34)c2)cc1. The lowest BCUT2D eigenvalue weighted by Crippen LogP contribution is -2.10. The Morgan fingerprint density at radius 3 is 1.64 bits per heavy atom. The van der Waals surface area contributed by atoms with E-state index in [0.717, 1.165) is 83.3 Å². The molecule has 0 saturated carbocycles. The van der Waals surface area contributed by atoms with E-state index in [-0.39, 0.29) is 0 Å². The van der Waals surface area contributed by atoms with E-state index in [1.165, 1.54) is 27.4 Å². The normalized spacial score (nSPS) is 11.8. The Morgan fingerprint density at radius 1 is 0.345 bits per heavy atom. The van der Waals surface area contributed by atoms with Gasteiger partial charge in [-0.1, -0.05) is 140 Å². The number of furan rings is 2. The van der Waals surface area contributed by atoms with E-state index in [1.807, 2.05) is 18.2 Å². The molecule has 0 atom stereocenters. The van der Waals surface area contributed by atoms with Gasteiger partial charge in [-0.3, -0.25) is 0 Å². The Hall–Kier alpha value is -7.82. The van der Waals surface area contributed by atoms with Gasteiger partial charge in [-0.2, -0.15) is 0 Å². The molecule has 12 rings (SSSR count). The van der Waals surface area contributed by atoms with E-state index in [9.17, 15) is 0 Å². The molecule has 0 aliphatic carbocycles. The minimum absolute atomic E-state index is 0.848. The molecule has 0 N–H and O–H groups in total. The third-order valence-electron chi connectivity index (χ3n) is 11.6. The summed E-state index contributed by atoms with van der Waals surface area (Å²) in [5.41, 5.74) is 14.3. The van der Waals surface area contributed by atoms with Crippen molar-refractivity contribution in [1.29, 1.82) is 0 Å². The van der Waals surface area contributed by atoms with Crippen LogP contribution in [0, 0.1) is 0 Å². The van der Waals surface area contributed by atoms with Crippen molar-refractivity contribution < 1.29 is 8.83 Å². The molecule has 58 heavy (non-hydrogen) atoms. The molecule has 4 heteroatoms. The van der Waals surface area contributed by atoms with E-state index < -0.39 is 0 Å². The van der Waals surface area contributed by atoms with Crippen LogP contribution in [-0.4, -0.2) is 4.57 Å². The number of hydrogen-bond acceptors (Lipinski definition) is 3. The van der Waals surface area contributed by atoms with Gasteiger partial charge in [0.2, 0.25) is 0 Å². The van der Waals surface area contributed by atoms with Crippen LogP contribution >= 0.6 is 0 Å². The highest BCUT2D eigenvalue weighted by atomic mass is 16.3. The van der Waals surface area contributed by atoms with Crippen LogP contribution in [-0.2, 0) is 0 Å². The Balaban J connectivity index is 1.07. The number of fused-ring (bicyclic) bond motifs is 9. The first-order chi connectivity index (χ1) is 28.8. The number of benzene rings is 9. The highest BCUT2D eigenvalue weighted by molar-refractivity contribution is 6.13. The minimum atomic E-state index is 0.848. The summed E-state index contributed by atoms with van der Waals surface area (Å²) >= 11 is 0. The molecule has 0 aliphatic heterocycles. The van der Waals surface area contributed by atoms with Crippen molar-refractivity contribution in [3.05, 3.63) is 206 Å². The lowest BCUT2D eigenvalue weighted by molar-refractivity contribution is 0.669. The van der Waals surface area contributed by atoms with E-state index >= 15 is 0 Å². The van der Waals surface area contributed by atoms with E-state index in [4.69, 9.17) is 8.83 Å². The number of para-hydroxylation sites is 5. The van der Waals surface area contributed by atoms with Crippen LogP contribution < -0.4 is 4.90 Å². The first-order valence-electron chi connectivity index (χ1n) is 19.7. The first kappa shape index (κ1) is 32.4. The summed E-state index contributed by atoms with van der Waals surface area (Å²) in [6.45, 7) is 0. The second-order valence-electron chi connectivity index (χ2n) is 14.9. The molecule has 4 nitrogen and oxygen atoms in total. The van der Waals surface area contributed by atoms with Gasteiger partial charge in [0.25, 0.3) is 0 Å². The van der Waals surface area contributed by atoms with Crippen molar-refractivity contribution in [2.24, 2.45) is 0 Å². The van der Waals surface area contributed by atoms with Gasteiger partial charge in [-0.25, -0.2) is 0 Å². The lowest BCUT2D eigenvalue weighted by Gasteiger charge is -2.26. The molecule has 0 unspecified atom stereocenters. The standard InChI is InChI=1S/C54H34N2O2/c1-2-14-35(15-3-1)37-16-12-17-39(32-37)55(50-25-13-22-45-43-20-6-10-26-51(43)58-54(45)50)38-30-28-36(29-31-38)46-33-40(34-47-44-21-7-11-27-52(44)57-53(46)47)56-48-23-8-4-18-41(48)42-19-5-9-24-49(42)56/h1-34H. The summed E-state index contributed by atoms with van der Waals surface area (Å²) in [4.78, 5) is 2.31. The van der Waals surface area contributed by atoms with Crippen LogP contribution in [0.2, 0.25) is 0 Å². The molecular weight excluding hydrogens is 709 g/mol. The highest BCUT2D eigenvalue weighted by Gasteiger charge is 2.22. The molecule has 0 spiro atoms. The van der Waals surface area contributed by atoms with E-state index in [0.29, 0.717) is 0 Å². The predicted molar refractivity (Wildman–Crippen MR) is 241 cm³/mol. The molecule has 272 valence electrons. The maximum absolute atomic E-state index is 6.70. The Bertz CT molecular complexity index is 3460. The molecule has 12 aromatic rings. The Labute approximate surface area is 334 Å². The summed E-state index contributed by atoms with van der Waals surface area (Å²) in [7, 11) is 0. The summed E-state index contributed by atoms with van der Waals surface area (Å²) in [5.74, 6) is 0. The van der Waals surface area contributed by atoms with Gasteiger partial charge in [-0.05, 0) is 83.4 Å². The van der Waals surface area contributed by atoms with Gasteiger partial charge in [0, 0.05) is 54.9 Å². The third kappa shape index (κ3) is 5.02. The smallest absolute Gasteiger partial charge is 0.159 e. The van der Waals surface area contributed by atoms with Gasteiger partial charge in [0.1, 0.15) is 16.7 Å². The van der Waals surface area contributed by atoms with Crippen molar-refractivity contribution in [3.8, 4) is 27.9 Å². The third-order valence-corrected chi connectivity index (χ3v) is 11.6. The second kappa shape index (κ2) is 12.9. The summed E-state index contributed by atoms with van der Waals surface area (Å²) in [5, 5.41) is 6.84. The number of hydrogen-bond donors (Lipinski definition) is 0. The maximum atomic E-state index is 6.70. The van der Waals surface area contributed by atoms with Gasteiger partial charge in [0.05, 0.1) is 16.7 Å². The molecule has 9 aromatic carbocycles. The van der Waals surface area contributed by atoms with Crippen LogP contribution in [0.15, 0.2) is 215 Å². The molecule has 0 bridgehead atoms. The maximum Gasteiger partial charge on any atom is 0.159 e. The molecule has 0 fully saturated rings. The quantitative estimate of drug-likeness (QED) is 0.170. The summed E-state index contributed by atoms with van der Waals surface area (Å²) in [6.07, 6.45) is 0. The molecule has 0 aliphatic rings. The molecular formula is C54H34N2O2. The van der Waals surface area contributed by atoms with Crippen molar-refractivity contribution in [2.45, 2.75) is 0 Å². The number of aromatic nitrogens is 1. The molecule has 3 heterocycles. The fourth-order valence-corrected chi connectivity index (χ4v) is 8.94. The highest BCUT2D eigenvalue weighted by Crippen LogP contribution is 2.45. The molecule has 0 radical (unpaired) electrons. The van der Waals surface area contributed by atoms with Gasteiger partial charge in [0.15, 0.2) is 5.58 Å². The van der Waals surface area contributed by atoms with Crippen molar-refractivity contribution >= 4 is 82.7 Å². The van der Waals surface area contributed by atoms with Gasteiger partial charge in [-0.15, -0.1) is 0 Å². The second-order valence-corrected chi connectivity index (χ2v) is 14.9. The average Bonchev–Trinajstić information content (AvgIpc) is 3.97. The van der Waals surface area contributed by atoms with Crippen molar-refractivity contribution in [1.82, 2.24) is 4.57 Å². The largest absolute Gasteiger partial charge is 0.455 e. The zero-order chi connectivity index (χ0) is 38.2. The number of anilines is 3. The van der Waals surface area contributed by atoms with Gasteiger partial charge >= 0.3 is 0 Å². The Morgan fingerprint density at radius 2 is 0.914 bits per heavy atom. The summed E-state index contributed by atoms with van der Waals surface area (Å²) in [6, 6.07) is 73.1. The molecule has 0 saturated heterocycles. The molecule has 3 aromatic heterocycles.